The predicted molar refractivity (Wildman–Crippen MR) is 57.8 cm³/mol. The van der Waals surface area contributed by atoms with Crippen molar-refractivity contribution in [3.05, 3.63) is 0 Å². The lowest BCUT2D eigenvalue weighted by Crippen LogP contribution is -2.43. The minimum Gasteiger partial charge on any atom is -0.480 e. The van der Waals surface area contributed by atoms with Crippen LogP contribution in [0.3, 0.4) is 0 Å². The molecule has 0 rings (SSSR count). The summed E-state index contributed by atoms with van der Waals surface area (Å²) in [7, 11) is 1.47. The molecule has 0 aromatic carbocycles. The van der Waals surface area contributed by atoms with Gasteiger partial charge in [0.05, 0.1) is 0 Å². The molecule has 5 heteroatoms. The smallest absolute Gasteiger partial charge is 0.323 e. The zero-order valence-corrected chi connectivity index (χ0v) is 9.62. The van der Waals surface area contributed by atoms with Crippen molar-refractivity contribution in [2.45, 2.75) is 39.2 Å². The van der Waals surface area contributed by atoms with Crippen LogP contribution in [-0.4, -0.2) is 41.6 Å². The van der Waals surface area contributed by atoms with Gasteiger partial charge in [0.25, 0.3) is 0 Å². The van der Waals surface area contributed by atoms with Crippen LogP contribution in [0.2, 0.25) is 0 Å². The van der Waals surface area contributed by atoms with Gasteiger partial charge in [-0.1, -0.05) is 19.8 Å². The Hall–Kier alpha value is -1.26. The number of carboxylic acids is 1. The molecule has 0 aliphatic carbocycles. The highest BCUT2D eigenvalue weighted by Gasteiger charge is 2.13. The molecule has 1 atom stereocenters. The molecule has 15 heavy (non-hydrogen) atoms. The zero-order valence-electron chi connectivity index (χ0n) is 9.62. The maximum Gasteiger partial charge on any atom is 0.323 e. The molecule has 2 N–H and O–H groups in total. The number of carbonyl (C=O) groups excluding carboxylic acids is 1. The molecule has 5 nitrogen and oxygen atoms in total. The van der Waals surface area contributed by atoms with Gasteiger partial charge >= 0.3 is 12.0 Å². The molecule has 0 saturated carbocycles. The van der Waals surface area contributed by atoms with Crippen LogP contribution < -0.4 is 5.32 Å². The maximum atomic E-state index is 11.4. The summed E-state index contributed by atoms with van der Waals surface area (Å²) >= 11 is 0. The Kier molecular flexibility index (Phi) is 6.49. The van der Waals surface area contributed by atoms with Crippen LogP contribution in [0.4, 0.5) is 4.79 Å². The monoisotopic (exact) mass is 216 g/mol. The van der Waals surface area contributed by atoms with Gasteiger partial charge in [0, 0.05) is 13.1 Å². The number of hydrogen-bond donors (Lipinski definition) is 2. The highest BCUT2D eigenvalue weighted by Crippen LogP contribution is 2.00. The number of nitrogens with one attached hydrogen (secondary N) is 1. The molecule has 0 heterocycles. The zero-order chi connectivity index (χ0) is 11.8. The number of hydrogen-bond acceptors (Lipinski definition) is 2. The third-order valence-corrected chi connectivity index (χ3v) is 2.08. The van der Waals surface area contributed by atoms with E-state index in [4.69, 9.17) is 5.11 Å². The van der Waals surface area contributed by atoms with E-state index in [1.54, 1.807) is 0 Å². The second-order valence-electron chi connectivity index (χ2n) is 3.74. The van der Waals surface area contributed by atoms with Gasteiger partial charge in [-0.2, -0.15) is 0 Å². The Balaban J connectivity index is 3.85. The lowest BCUT2D eigenvalue weighted by atomic mass is 10.1. The van der Waals surface area contributed by atoms with Crippen molar-refractivity contribution in [1.29, 1.82) is 0 Å². The average Bonchev–Trinajstić information content (AvgIpc) is 2.13. The summed E-state index contributed by atoms with van der Waals surface area (Å²) in [6.45, 7) is 3.74. The first-order valence-electron chi connectivity index (χ1n) is 5.20. The van der Waals surface area contributed by atoms with E-state index in [-0.39, 0.29) is 18.6 Å². The third kappa shape index (κ3) is 6.76. The molecule has 1 unspecified atom stereocenters. The maximum absolute atomic E-state index is 11.4. The van der Waals surface area contributed by atoms with E-state index in [1.807, 2.05) is 6.92 Å². The van der Waals surface area contributed by atoms with Crippen LogP contribution in [-0.2, 0) is 4.79 Å². The topological polar surface area (TPSA) is 69.6 Å². The fourth-order valence-corrected chi connectivity index (χ4v) is 1.18. The molecule has 88 valence electrons. The highest BCUT2D eigenvalue weighted by atomic mass is 16.4. The van der Waals surface area contributed by atoms with Crippen LogP contribution in [0.1, 0.15) is 33.1 Å². The minimum atomic E-state index is -1.01. The van der Waals surface area contributed by atoms with E-state index in [9.17, 15) is 9.59 Å². The van der Waals surface area contributed by atoms with Crippen LogP contribution in [0.15, 0.2) is 0 Å². The van der Waals surface area contributed by atoms with Crippen molar-refractivity contribution >= 4 is 12.0 Å². The summed E-state index contributed by atoms with van der Waals surface area (Å²) in [5.74, 6) is -1.01. The summed E-state index contributed by atoms with van der Waals surface area (Å²) in [5, 5.41) is 11.2. The normalized spacial score (nSPS) is 11.9. The fraction of sp³-hybridized carbons (Fsp3) is 0.800. The third-order valence-electron chi connectivity index (χ3n) is 2.08. The number of urea groups is 1. The molecular formula is C10H20N2O3. The second kappa shape index (κ2) is 7.09. The van der Waals surface area contributed by atoms with Crippen molar-refractivity contribution in [2.75, 3.05) is 13.6 Å². The second-order valence-corrected chi connectivity index (χ2v) is 3.74. The number of nitrogens with zero attached hydrogens (tertiary/aromatic N) is 1. The molecule has 0 aromatic rings. The van der Waals surface area contributed by atoms with Crippen molar-refractivity contribution < 1.29 is 14.7 Å². The van der Waals surface area contributed by atoms with E-state index in [2.05, 4.69) is 12.2 Å². The van der Waals surface area contributed by atoms with Crippen molar-refractivity contribution in [3.63, 3.8) is 0 Å². The molecule has 2 amide bonds. The molecule has 0 aliphatic heterocycles. The summed E-state index contributed by atoms with van der Waals surface area (Å²) < 4.78 is 0. The molecule has 0 saturated heterocycles. The van der Waals surface area contributed by atoms with Crippen molar-refractivity contribution in [2.24, 2.45) is 0 Å². The van der Waals surface area contributed by atoms with Crippen LogP contribution in [0.5, 0.6) is 0 Å². The quantitative estimate of drug-likeness (QED) is 0.703. The van der Waals surface area contributed by atoms with Gasteiger partial charge in [-0.25, -0.2) is 4.79 Å². The van der Waals surface area contributed by atoms with E-state index in [1.165, 1.54) is 7.05 Å². The first-order valence-corrected chi connectivity index (χ1v) is 5.20. The van der Waals surface area contributed by atoms with E-state index < -0.39 is 5.97 Å². The van der Waals surface area contributed by atoms with Crippen LogP contribution >= 0.6 is 0 Å². The van der Waals surface area contributed by atoms with Gasteiger partial charge in [0.1, 0.15) is 6.54 Å². The molecule has 0 radical (unpaired) electrons. The van der Waals surface area contributed by atoms with Gasteiger partial charge < -0.3 is 15.3 Å². The van der Waals surface area contributed by atoms with Crippen molar-refractivity contribution in [3.8, 4) is 0 Å². The lowest BCUT2D eigenvalue weighted by Gasteiger charge is -2.19. The van der Waals surface area contributed by atoms with E-state index in [0.29, 0.717) is 0 Å². The first-order chi connectivity index (χ1) is 6.97. The van der Waals surface area contributed by atoms with Crippen LogP contribution in [0, 0.1) is 0 Å². The number of amides is 2. The summed E-state index contributed by atoms with van der Waals surface area (Å²) in [6.07, 6.45) is 3.07. The Bertz CT molecular complexity index is 219. The highest BCUT2D eigenvalue weighted by molar-refractivity contribution is 5.79. The summed E-state index contributed by atoms with van der Waals surface area (Å²) in [6, 6.07) is -0.241. The Labute approximate surface area is 90.5 Å². The molecule has 0 fully saturated rings. The standard InChI is InChI=1S/C10H20N2O3/c1-4-5-6-8(2)11-10(15)12(3)7-9(13)14/h8H,4-7H2,1-3H3,(H,11,15)(H,13,14). The first kappa shape index (κ1) is 13.7. The lowest BCUT2D eigenvalue weighted by molar-refractivity contribution is -0.137. The van der Waals surface area contributed by atoms with Gasteiger partial charge in [-0.3, -0.25) is 4.79 Å². The molecule has 0 bridgehead atoms. The molecule has 0 spiro atoms. The average molecular weight is 216 g/mol. The molecule has 0 aromatic heterocycles. The van der Waals surface area contributed by atoms with Crippen LogP contribution in [0.25, 0.3) is 0 Å². The fourth-order valence-electron chi connectivity index (χ4n) is 1.18. The number of likely N-dealkylation sites (N-methyl/N-ethyl adjacent to an activating group) is 1. The van der Waals surface area contributed by atoms with Gasteiger partial charge in [0.2, 0.25) is 0 Å². The van der Waals surface area contributed by atoms with Gasteiger partial charge in [-0.15, -0.1) is 0 Å². The number of carboxylic acid groups (broad SMARTS) is 1. The van der Waals surface area contributed by atoms with Gasteiger partial charge in [0.15, 0.2) is 0 Å². The summed E-state index contributed by atoms with van der Waals surface area (Å²) in [4.78, 5) is 22.9. The summed E-state index contributed by atoms with van der Waals surface area (Å²) in [5.41, 5.74) is 0. The minimum absolute atomic E-state index is 0.0914. The van der Waals surface area contributed by atoms with Gasteiger partial charge in [-0.05, 0) is 13.3 Å². The molecule has 0 aliphatic rings. The largest absolute Gasteiger partial charge is 0.480 e. The Morgan fingerprint density at radius 3 is 2.53 bits per heavy atom. The predicted octanol–water partition coefficient (Wildman–Crippen LogP) is 1.29. The van der Waals surface area contributed by atoms with E-state index in [0.717, 1.165) is 24.2 Å². The number of rotatable bonds is 6. The Morgan fingerprint density at radius 2 is 2.07 bits per heavy atom. The number of aliphatic carboxylic acids is 1. The number of unbranched alkanes of at least 4 members (excludes halogenated alkanes) is 1. The Morgan fingerprint density at radius 1 is 1.47 bits per heavy atom. The number of carbonyl (C=O) groups is 2. The van der Waals surface area contributed by atoms with Crippen molar-refractivity contribution in [1.82, 2.24) is 10.2 Å². The SMILES string of the molecule is CCCCC(C)NC(=O)N(C)CC(=O)O. The molecular weight excluding hydrogens is 196 g/mol. The van der Waals surface area contributed by atoms with E-state index >= 15 is 0 Å².